The number of allylic oxidation sites excluding steroid dienone is 1. The molecule has 2 nitrogen and oxygen atoms in total. The van der Waals surface area contributed by atoms with Crippen LogP contribution in [0.3, 0.4) is 0 Å². The quantitative estimate of drug-likeness (QED) is 0.235. The van der Waals surface area contributed by atoms with Crippen LogP contribution in [0.15, 0.2) is 12.7 Å². The summed E-state index contributed by atoms with van der Waals surface area (Å²) in [7, 11) is 0.761. The number of ether oxygens (including phenoxy) is 1. The molecule has 0 aromatic heterocycles. The summed E-state index contributed by atoms with van der Waals surface area (Å²) >= 11 is 0. The maximum absolute atomic E-state index is 5.44. The minimum absolute atomic E-state index is 0.00394. The molecule has 0 aromatic rings. The normalized spacial score (nSPS) is 12.9. The third kappa shape index (κ3) is 11.8. The van der Waals surface area contributed by atoms with Gasteiger partial charge in [0, 0.05) is 6.61 Å². The number of hydrogen-bond acceptors (Lipinski definition) is 2. The second-order valence-corrected chi connectivity index (χ2v) is 4.34. The van der Waals surface area contributed by atoms with Gasteiger partial charge in [-0.15, -0.1) is 6.58 Å². The minimum atomic E-state index is 0.00394. The highest BCUT2D eigenvalue weighted by Gasteiger charge is 1.97. The van der Waals surface area contributed by atoms with Crippen molar-refractivity contribution in [1.29, 1.82) is 0 Å². The molecule has 0 fully saturated rings. The standard InChI is InChI=1S/C12H26O2Si/c1-3-4-5-6-7-8-9-10-11-13-12(2)14-15/h3,12H,1,4-11H2,2,15H3. The lowest BCUT2D eigenvalue weighted by Crippen LogP contribution is -2.11. The van der Waals surface area contributed by atoms with Gasteiger partial charge in [-0.3, -0.25) is 0 Å². The molecule has 0 spiro atoms. The Morgan fingerprint density at radius 2 is 1.73 bits per heavy atom. The van der Waals surface area contributed by atoms with Gasteiger partial charge in [0.2, 0.25) is 0 Å². The summed E-state index contributed by atoms with van der Waals surface area (Å²) in [6.07, 6.45) is 10.9. The van der Waals surface area contributed by atoms with Crippen molar-refractivity contribution in [2.24, 2.45) is 0 Å². The van der Waals surface area contributed by atoms with Crippen molar-refractivity contribution in [2.45, 2.75) is 58.2 Å². The molecule has 0 heterocycles. The zero-order valence-electron chi connectivity index (χ0n) is 10.3. The highest BCUT2D eigenvalue weighted by Crippen LogP contribution is 2.07. The molecule has 0 aliphatic heterocycles. The molecule has 0 aliphatic rings. The van der Waals surface area contributed by atoms with Gasteiger partial charge in [0.25, 0.3) is 0 Å². The minimum Gasteiger partial charge on any atom is -0.404 e. The monoisotopic (exact) mass is 230 g/mol. The lowest BCUT2D eigenvalue weighted by Gasteiger charge is -2.10. The van der Waals surface area contributed by atoms with E-state index in [4.69, 9.17) is 9.16 Å². The van der Waals surface area contributed by atoms with Gasteiger partial charge in [-0.2, -0.15) is 0 Å². The molecule has 0 saturated heterocycles. The SMILES string of the molecule is C=CCCCCCCCCOC(C)O[SiH3]. The summed E-state index contributed by atoms with van der Waals surface area (Å²) in [4.78, 5) is 0. The summed E-state index contributed by atoms with van der Waals surface area (Å²) < 4.78 is 10.6. The molecule has 1 unspecified atom stereocenters. The topological polar surface area (TPSA) is 18.5 Å². The van der Waals surface area contributed by atoms with Gasteiger partial charge in [-0.1, -0.05) is 31.8 Å². The van der Waals surface area contributed by atoms with Crippen molar-refractivity contribution in [3.05, 3.63) is 12.7 Å². The van der Waals surface area contributed by atoms with E-state index >= 15 is 0 Å². The largest absolute Gasteiger partial charge is 0.404 e. The van der Waals surface area contributed by atoms with Gasteiger partial charge in [-0.05, 0) is 26.2 Å². The average molecular weight is 230 g/mol. The van der Waals surface area contributed by atoms with Crippen LogP contribution in [0.5, 0.6) is 0 Å². The predicted molar refractivity (Wildman–Crippen MR) is 69.0 cm³/mol. The molecule has 0 amide bonds. The smallest absolute Gasteiger partial charge is 0.149 e. The summed E-state index contributed by atoms with van der Waals surface area (Å²) in [5.74, 6) is 0. The van der Waals surface area contributed by atoms with E-state index in [2.05, 4.69) is 6.58 Å². The Morgan fingerprint density at radius 1 is 1.13 bits per heavy atom. The fourth-order valence-electron chi connectivity index (χ4n) is 1.42. The maximum atomic E-state index is 5.44. The van der Waals surface area contributed by atoms with E-state index in [1.54, 1.807) is 0 Å². The highest BCUT2D eigenvalue weighted by atomic mass is 28.2. The Labute approximate surface area is 97.6 Å². The Hall–Kier alpha value is -0.123. The van der Waals surface area contributed by atoms with E-state index in [9.17, 15) is 0 Å². The first-order valence-corrected chi connectivity index (χ1v) is 6.88. The van der Waals surface area contributed by atoms with Gasteiger partial charge in [0.1, 0.15) is 16.8 Å². The van der Waals surface area contributed by atoms with Crippen LogP contribution in [0, 0.1) is 0 Å². The second kappa shape index (κ2) is 11.9. The summed E-state index contributed by atoms with van der Waals surface area (Å²) in [5, 5.41) is 0. The molecule has 0 bridgehead atoms. The molecule has 0 radical (unpaired) electrons. The number of hydrogen-bond donors (Lipinski definition) is 0. The lowest BCUT2D eigenvalue weighted by molar-refractivity contribution is -0.0639. The van der Waals surface area contributed by atoms with Crippen molar-refractivity contribution in [1.82, 2.24) is 0 Å². The van der Waals surface area contributed by atoms with E-state index in [0.717, 1.165) is 23.5 Å². The fourth-order valence-corrected chi connectivity index (χ4v) is 1.55. The van der Waals surface area contributed by atoms with Gasteiger partial charge in [0.05, 0.1) is 0 Å². The third-order valence-corrected chi connectivity index (χ3v) is 3.15. The van der Waals surface area contributed by atoms with Crippen LogP contribution in [0.2, 0.25) is 0 Å². The zero-order chi connectivity index (χ0) is 11.4. The van der Waals surface area contributed by atoms with Crippen molar-refractivity contribution in [3.63, 3.8) is 0 Å². The Balaban J connectivity index is 2.95. The van der Waals surface area contributed by atoms with Crippen LogP contribution in [0.1, 0.15) is 51.9 Å². The molecule has 0 N–H and O–H groups in total. The van der Waals surface area contributed by atoms with Crippen LogP contribution in [0.4, 0.5) is 0 Å². The highest BCUT2D eigenvalue weighted by molar-refractivity contribution is 5.98. The van der Waals surface area contributed by atoms with E-state index in [-0.39, 0.29) is 6.29 Å². The molecule has 3 heteroatoms. The van der Waals surface area contributed by atoms with Crippen LogP contribution >= 0.6 is 0 Å². The van der Waals surface area contributed by atoms with Gasteiger partial charge >= 0.3 is 0 Å². The first kappa shape index (κ1) is 14.9. The van der Waals surface area contributed by atoms with Crippen LogP contribution < -0.4 is 0 Å². The van der Waals surface area contributed by atoms with Crippen LogP contribution in [-0.4, -0.2) is 23.4 Å². The average Bonchev–Trinajstić information content (AvgIpc) is 2.26. The fraction of sp³-hybridized carbons (Fsp3) is 0.833. The molecular formula is C12H26O2Si. The lowest BCUT2D eigenvalue weighted by atomic mass is 10.1. The third-order valence-electron chi connectivity index (χ3n) is 2.49. The summed E-state index contributed by atoms with van der Waals surface area (Å²) in [5.41, 5.74) is 0. The molecular weight excluding hydrogens is 204 g/mol. The first-order valence-electron chi connectivity index (χ1n) is 6.06. The molecule has 0 rings (SSSR count). The molecule has 0 aromatic carbocycles. The van der Waals surface area contributed by atoms with E-state index in [1.807, 2.05) is 13.0 Å². The Kier molecular flexibility index (Phi) is 11.9. The molecule has 0 saturated carbocycles. The summed E-state index contributed by atoms with van der Waals surface area (Å²) in [6, 6.07) is 0. The molecule has 1 atom stereocenters. The predicted octanol–water partition coefficient (Wildman–Crippen LogP) is 2.56. The van der Waals surface area contributed by atoms with E-state index in [0.29, 0.717) is 0 Å². The molecule has 90 valence electrons. The Bertz CT molecular complexity index is 140. The second-order valence-electron chi connectivity index (χ2n) is 3.87. The molecule has 15 heavy (non-hydrogen) atoms. The molecule has 0 aliphatic carbocycles. The zero-order valence-corrected chi connectivity index (χ0v) is 12.3. The number of unbranched alkanes of at least 4 members (excludes halogenated alkanes) is 6. The maximum Gasteiger partial charge on any atom is 0.149 e. The van der Waals surface area contributed by atoms with E-state index in [1.165, 1.54) is 38.5 Å². The summed E-state index contributed by atoms with van der Waals surface area (Å²) in [6.45, 7) is 6.52. The Morgan fingerprint density at radius 3 is 2.33 bits per heavy atom. The van der Waals surface area contributed by atoms with Crippen molar-refractivity contribution in [3.8, 4) is 0 Å². The van der Waals surface area contributed by atoms with Gasteiger partial charge in [0.15, 0.2) is 0 Å². The van der Waals surface area contributed by atoms with E-state index < -0.39 is 0 Å². The van der Waals surface area contributed by atoms with Crippen LogP contribution in [-0.2, 0) is 9.16 Å². The van der Waals surface area contributed by atoms with Crippen molar-refractivity contribution in [2.75, 3.05) is 6.61 Å². The van der Waals surface area contributed by atoms with Gasteiger partial charge < -0.3 is 9.16 Å². The van der Waals surface area contributed by atoms with Gasteiger partial charge in [-0.25, -0.2) is 0 Å². The first-order chi connectivity index (χ1) is 7.31. The van der Waals surface area contributed by atoms with Crippen LogP contribution in [0.25, 0.3) is 0 Å². The number of rotatable bonds is 11. The van der Waals surface area contributed by atoms with Crippen molar-refractivity contribution >= 4 is 10.5 Å². The van der Waals surface area contributed by atoms with Crippen molar-refractivity contribution < 1.29 is 9.16 Å².